The number of anilines is 1. The second-order valence-corrected chi connectivity index (χ2v) is 6.41. The lowest BCUT2D eigenvalue weighted by molar-refractivity contribution is 0.414. The van der Waals surface area contributed by atoms with Gasteiger partial charge in [0.05, 0.1) is 7.11 Å². The Bertz CT molecular complexity index is 971. The normalized spacial score (nSPS) is 16.0. The van der Waals surface area contributed by atoms with E-state index in [0.29, 0.717) is 11.5 Å². The third-order valence-corrected chi connectivity index (χ3v) is 4.48. The van der Waals surface area contributed by atoms with Crippen LogP contribution < -0.4 is 10.1 Å². The third-order valence-electron chi connectivity index (χ3n) is 3.98. The number of halogens is 2. The number of methoxy groups -OCH3 is 1. The van der Waals surface area contributed by atoms with Crippen LogP contribution in [0.2, 0.25) is 0 Å². The van der Waals surface area contributed by atoms with Crippen molar-refractivity contribution < 1.29 is 9.13 Å². The molecule has 0 bridgehead atoms. The predicted molar refractivity (Wildman–Crippen MR) is 94.6 cm³/mol. The standard InChI is InChI=1S/C17H13BrFN5O/c1-25-12-4-2-3-10(7-12)15-9-16(24-17(20-15)21-22-23-24)13-8-11(18)5-6-14(13)19/h2-9,16H,1H3,(H,20,21,23)/t16-/m0/s1. The molecule has 1 N–H and O–H groups in total. The van der Waals surface area contributed by atoms with E-state index in [-0.39, 0.29) is 5.82 Å². The largest absolute Gasteiger partial charge is 0.497 e. The third kappa shape index (κ3) is 2.89. The number of hydrogen-bond donors (Lipinski definition) is 1. The molecule has 3 aromatic rings. The van der Waals surface area contributed by atoms with Crippen LogP contribution >= 0.6 is 15.9 Å². The van der Waals surface area contributed by atoms with Gasteiger partial charge in [-0.05, 0) is 46.8 Å². The van der Waals surface area contributed by atoms with E-state index < -0.39 is 6.04 Å². The zero-order valence-electron chi connectivity index (χ0n) is 13.1. The first kappa shape index (κ1) is 15.8. The van der Waals surface area contributed by atoms with Crippen molar-refractivity contribution in [1.82, 2.24) is 20.2 Å². The highest BCUT2D eigenvalue weighted by molar-refractivity contribution is 9.10. The van der Waals surface area contributed by atoms with Crippen molar-refractivity contribution in [2.45, 2.75) is 6.04 Å². The van der Waals surface area contributed by atoms with Crippen molar-refractivity contribution in [2.75, 3.05) is 12.4 Å². The van der Waals surface area contributed by atoms with Gasteiger partial charge < -0.3 is 10.1 Å². The van der Waals surface area contributed by atoms with Gasteiger partial charge in [0.2, 0.25) is 5.95 Å². The lowest BCUT2D eigenvalue weighted by atomic mass is 10.0. The number of ether oxygens (including phenoxy) is 1. The van der Waals surface area contributed by atoms with Gasteiger partial charge in [0, 0.05) is 21.3 Å². The minimum absolute atomic E-state index is 0.321. The van der Waals surface area contributed by atoms with Crippen LogP contribution in [0.1, 0.15) is 17.2 Å². The van der Waals surface area contributed by atoms with E-state index in [9.17, 15) is 4.39 Å². The number of fused-ring (bicyclic) bond motifs is 1. The van der Waals surface area contributed by atoms with Crippen LogP contribution in [0.3, 0.4) is 0 Å². The summed E-state index contributed by atoms with van der Waals surface area (Å²) in [7, 11) is 1.61. The molecule has 2 aromatic carbocycles. The second-order valence-electron chi connectivity index (χ2n) is 5.50. The molecule has 0 saturated heterocycles. The molecule has 0 fully saturated rings. The Hall–Kier alpha value is -2.74. The molecule has 1 aliphatic rings. The van der Waals surface area contributed by atoms with E-state index in [1.807, 2.05) is 30.3 Å². The number of tetrazole rings is 1. The Kier molecular flexibility index (Phi) is 3.96. The van der Waals surface area contributed by atoms with Crippen molar-refractivity contribution in [3.8, 4) is 5.75 Å². The SMILES string of the molecule is COc1cccc(C2=C[C@@H](c3cc(Br)ccc3F)n3nnnc3N2)c1. The molecule has 0 aliphatic carbocycles. The first-order valence-electron chi connectivity index (χ1n) is 7.52. The van der Waals surface area contributed by atoms with Gasteiger partial charge in [-0.1, -0.05) is 33.2 Å². The Morgan fingerprint density at radius 3 is 2.96 bits per heavy atom. The summed E-state index contributed by atoms with van der Waals surface area (Å²) in [5, 5.41) is 14.9. The first-order chi connectivity index (χ1) is 12.2. The molecule has 0 amide bonds. The summed E-state index contributed by atoms with van der Waals surface area (Å²) < 4.78 is 22.0. The number of nitrogens with one attached hydrogen (secondary N) is 1. The number of allylic oxidation sites excluding steroid dienone is 1. The van der Waals surface area contributed by atoms with Gasteiger partial charge in [-0.15, -0.1) is 0 Å². The monoisotopic (exact) mass is 401 g/mol. The topological polar surface area (TPSA) is 64.9 Å². The van der Waals surface area contributed by atoms with Gasteiger partial charge in [0.1, 0.15) is 17.6 Å². The predicted octanol–water partition coefficient (Wildman–Crippen LogP) is 3.64. The van der Waals surface area contributed by atoms with Crippen LogP contribution in [-0.2, 0) is 0 Å². The molecule has 0 radical (unpaired) electrons. The molecule has 8 heteroatoms. The summed E-state index contributed by atoms with van der Waals surface area (Å²) >= 11 is 3.39. The molecule has 0 saturated carbocycles. The number of rotatable bonds is 3. The highest BCUT2D eigenvalue weighted by Crippen LogP contribution is 2.34. The lowest BCUT2D eigenvalue weighted by Gasteiger charge is -2.24. The Labute approximate surface area is 151 Å². The quantitative estimate of drug-likeness (QED) is 0.725. The highest BCUT2D eigenvalue weighted by Gasteiger charge is 2.26. The molecule has 0 spiro atoms. The molecule has 4 rings (SSSR count). The van der Waals surface area contributed by atoms with Gasteiger partial charge in [0.15, 0.2) is 0 Å². The highest BCUT2D eigenvalue weighted by atomic mass is 79.9. The minimum Gasteiger partial charge on any atom is -0.497 e. The molecular weight excluding hydrogens is 389 g/mol. The van der Waals surface area contributed by atoms with Gasteiger partial charge >= 0.3 is 0 Å². The molecule has 1 aliphatic heterocycles. The van der Waals surface area contributed by atoms with Crippen LogP contribution in [0.15, 0.2) is 53.0 Å². The van der Waals surface area contributed by atoms with Crippen LogP contribution in [0.25, 0.3) is 5.70 Å². The average molecular weight is 402 g/mol. The second kappa shape index (κ2) is 6.29. The Morgan fingerprint density at radius 2 is 2.12 bits per heavy atom. The number of hydrogen-bond acceptors (Lipinski definition) is 5. The smallest absolute Gasteiger partial charge is 0.248 e. The molecule has 2 heterocycles. The first-order valence-corrected chi connectivity index (χ1v) is 8.31. The molecular formula is C17H13BrFN5O. The summed E-state index contributed by atoms with van der Waals surface area (Å²) in [5.41, 5.74) is 2.16. The van der Waals surface area contributed by atoms with Crippen LogP contribution in [0, 0.1) is 5.82 Å². The van der Waals surface area contributed by atoms with E-state index in [1.165, 1.54) is 6.07 Å². The molecule has 6 nitrogen and oxygen atoms in total. The average Bonchev–Trinajstić information content (AvgIpc) is 3.11. The maximum atomic E-state index is 14.4. The van der Waals surface area contributed by atoms with Gasteiger partial charge in [-0.3, -0.25) is 0 Å². The van der Waals surface area contributed by atoms with E-state index in [0.717, 1.165) is 21.5 Å². The summed E-state index contributed by atoms with van der Waals surface area (Å²) in [6.45, 7) is 0. The lowest BCUT2D eigenvalue weighted by Crippen LogP contribution is -2.21. The summed E-state index contributed by atoms with van der Waals surface area (Å²) in [4.78, 5) is 0. The van der Waals surface area contributed by atoms with Gasteiger partial charge in [-0.25, -0.2) is 4.39 Å². The van der Waals surface area contributed by atoms with E-state index in [2.05, 4.69) is 36.8 Å². The van der Waals surface area contributed by atoms with Crippen molar-refractivity contribution in [2.24, 2.45) is 0 Å². The fraction of sp³-hybridized carbons (Fsp3) is 0.118. The molecule has 0 unspecified atom stereocenters. The van der Waals surface area contributed by atoms with Crippen molar-refractivity contribution in [3.63, 3.8) is 0 Å². The van der Waals surface area contributed by atoms with Crippen molar-refractivity contribution in [1.29, 1.82) is 0 Å². The van der Waals surface area contributed by atoms with Gasteiger partial charge in [-0.2, -0.15) is 4.68 Å². The molecule has 25 heavy (non-hydrogen) atoms. The summed E-state index contributed by atoms with van der Waals surface area (Å²) in [5.74, 6) is 0.859. The van der Waals surface area contributed by atoms with E-state index in [4.69, 9.17) is 4.74 Å². The van der Waals surface area contributed by atoms with Crippen LogP contribution in [0.4, 0.5) is 10.3 Å². The summed E-state index contributed by atoms with van der Waals surface area (Å²) in [6, 6.07) is 11.9. The maximum absolute atomic E-state index is 14.4. The molecule has 1 atom stereocenters. The zero-order chi connectivity index (χ0) is 17.4. The van der Waals surface area contributed by atoms with Crippen LogP contribution in [0.5, 0.6) is 5.75 Å². The Balaban J connectivity index is 1.84. The number of benzene rings is 2. The minimum atomic E-state index is -0.468. The van der Waals surface area contributed by atoms with E-state index >= 15 is 0 Å². The zero-order valence-corrected chi connectivity index (χ0v) is 14.7. The van der Waals surface area contributed by atoms with Crippen LogP contribution in [-0.4, -0.2) is 27.3 Å². The maximum Gasteiger partial charge on any atom is 0.248 e. The number of nitrogens with zero attached hydrogens (tertiary/aromatic N) is 4. The van der Waals surface area contributed by atoms with Gasteiger partial charge in [0.25, 0.3) is 0 Å². The van der Waals surface area contributed by atoms with Crippen molar-refractivity contribution >= 4 is 27.6 Å². The van der Waals surface area contributed by atoms with Crippen molar-refractivity contribution in [3.05, 3.63) is 70.0 Å². The molecule has 126 valence electrons. The Morgan fingerprint density at radius 1 is 1.24 bits per heavy atom. The fourth-order valence-corrected chi connectivity index (χ4v) is 3.15. The molecule has 1 aromatic heterocycles. The number of aromatic nitrogens is 4. The fourth-order valence-electron chi connectivity index (χ4n) is 2.78. The van der Waals surface area contributed by atoms with E-state index in [1.54, 1.807) is 23.9 Å². The summed E-state index contributed by atoms with van der Waals surface area (Å²) in [6.07, 6.45) is 1.89.